The van der Waals surface area contributed by atoms with Gasteiger partial charge in [-0.1, -0.05) is 0 Å². The van der Waals surface area contributed by atoms with Crippen molar-refractivity contribution >= 4 is 27.8 Å². The maximum absolute atomic E-state index is 12.7. The molecule has 21 heavy (non-hydrogen) atoms. The van der Waals surface area contributed by atoms with E-state index >= 15 is 0 Å². The minimum Gasteiger partial charge on any atom is -0.497 e. The quantitative estimate of drug-likeness (QED) is 0.895. The largest absolute Gasteiger partial charge is 0.497 e. The van der Waals surface area contributed by atoms with E-state index in [4.69, 9.17) is 4.74 Å². The number of methoxy groups -OCH3 is 1. The van der Waals surface area contributed by atoms with Crippen molar-refractivity contribution in [3.63, 3.8) is 0 Å². The van der Waals surface area contributed by atoms with Crippen molar-refractivity contribution in [3.05, 3.63) is 24.3 Å². The van der Waals surface area contributed by atoms with E-state index < -0.39 is 22.0 Å². The van der Waals surface area contributed by atoms with Crippen LogP contribution in [0.5, 0.6) is 5.75 Å². The van der Waals surface area contributed by atoms with Gasteiger partial charge in [-0.25, -0.2) is 8.42 Å². The number of benzene rings is 1. The molecule has 0 aliphatic carbocycles. The highest BCUT2D eigenvalue weighted by molar-refractivity contribution is 7.99. The van der Waals surface area contributed by atoms with Crippen LogP contribution in [0.1, 0.15) is 6.42 Å². The van der Waals surface area contributed by atoms with Crippen LogP contribution in [-0.4, -0.2) is 55.0 Å². The zero-order valence-electron chi connectivity index (χ0n) is 11.6. The van der Waals surface area contributed by atoms with Crippen molar-refractivity contribution in [1.82, 2.24) is 4.31 Å². The zero-order valence-corrected chi connectivity index (χ0v) is 13.2. The van der Waals surface area contributed by atoms with Crippen LogP contribution < -0.4 is 4.74 Å². The first kappa shape index (κ1) is 16.1. The minimum atomic E-state index is -3.82. The monoisotopic (exact) mass is 331 g/mol. The SMILES string of the molecule is COc1ccc(S(=O)(=O)N2CCCSCC2C(=O)O)cc1. The lowest BCUT2D eigenvalue weighted by Gasteiger charge is -2.25. The Morgan fingerprint density at radius 1 is 1.38 bits per heavy atom. The molecule has 1 aromatic carbocycles. The topological polar surface area (TPSA) is 83.9 Å². The fourth-order valence-corrected chi connectivity index (χ4v) is 4.88. The molecule has 1 unspecified atom stereocenters. The number of carbonyl (C=O) groups is 1. The second-order valence-electron chi connectivity index (χ2n) is 4.57. The van der Waals surface area contributed by atoms with Crippen LogP contribution in [0, 0.1) is 0 Å². The van der Waals surface area contributed by atoms with E-state index in [0.717, 1.165) is 10.1 Å². The Labute approximate surface area is 128 Å². The summed E-state index contributed by atoms with van der Waals surface area (Å²) in [5, 5.41) is 9.29. The Morgan fingerprint density at radius 2 is 2.05 bits per heavy atom. The van der Waals surface area contributed by atoms with Crippen molar-refractivity contribution in [1.29, 1.82) is 0 Å². The van der Waals surface area contributed by atoms with E-state index in [1.165, 1.54) is 31.0 Å². The molecule has 1 fully saturated rings. The van der Waals surface area contributed by atoms with Crippen LogP contribution in [0.25, 0.3) is 0 Å². The van der Waals surface area contributed by atoms with Crippen LogP contribution in [0.15, 0.2) is 29.2 Å². The van der Waals surface area contributed by atoms with Crippen LogP contribution in [0.4, 0.5) is 0 Å². The summed E-state index contributed by atoms with van der Waals surface area (Å²) in [6.07, 6.45) is 0.643. The average molecular weight is 331 g/mol. The maximum Gasteiger partial charge on any atom is 0.322 e. The molecule has 0 bridgehead atoms. The van der Waals surface area contributed by atoms with E-state index in [1.807, 2.05) is 0 Å². The number of carboxylic acid groups (broad SMARTS) is 1. The molecule has 0 amide bonds. The molecule has 1 atom stereocenters. The summed E-state index contributed by atoms with van der Waals surface area (Å²) in [6, 6.07) is 4.95. The lowest BCUT2D eigenvalue weighted by atomic mass is 10.3. The highest BCUT2D eigenvalue weighted by atomic mass is 32.2. The smallest absolute Gasteiger partial charge is 0.322 e. The Kier molecular flexibility index (Phi) is 5.13. The van der Waals surface area contributed by atoms with Crippen molar-refractivity contribution in [2.75, 3.05) is 25.2 Å². The zero-order chi connectivity index (χ0) is 15.5. The van der Waals surface area contributed by atoms with Crippen molar-refractivity contribution in [2.45, 2.75) is 17.4 Å². The number of rotatable bonds is 4. The van der Waals surface area contributed by atoms with Crippen LogP contribution in [0.2, 0.25) is 0 Å². The number of carboxylic acids is 1. The van der Waals surface area contributed by atoms with E-state index in [0.29, 0.717) is 12.2 Å². The summed E-state index contributed by atoms with van der Waals surface area (Å²) in [7, 11) is -2.32. The van der Waals surface area contributed by atoms with E-state index in [2.05, 4.69) is 0 Å². The van der Waals surface area contributed by atoms with Crippen molar-refractivity contribution in [3.8, 4) is 5.75 Å². The van der Waals surface area contributed by atoms with Gasteiger partial charge in [0, 0.05) is 12.3 Å². The van der Waals surface area contributed by atoms with Gasteiger partial charge < -0.3 is 9.84 Å². The third-order valence-corrected chi connectivity index (χ3v) is 6.29. The lowest BCUT2D eigenvalue weighted by molar-refractivity contribution is -0.140. The van der Waals surface area contributed by atoms with E-state index in [1.54, 1.807) is 12.1 Å². The summed E-state index contributed by atoms with van der Waals surface area (Å²) in [4.78, 5) is 11.4. The van der Waals surface area contributed by atoms with Gasteiger partial charge >= 0.3 is 5.97 Å². The van der Waals surface area contributed by atoms with Gasteiger partial charge in [0.05, 0.1) is 12.0 Å². The second-order valence-corrected chi connectivity index (χ2v) is 7.61. The lowest BCUT2D eigenvalue weighted by Crippen LogP contribution is -2.46. The minimum absolute atomic E-state index is 0.0847. The van der Waals surface area contributed by atoms with Gasteiger partial charge in [-0.3, -0.25) is 4.79 Å². The summed E-state index contributed by atoms with van der Waals surface area (Å²) in [6.45, 7) is 0.221. The molecule has 1 aliphatic rings. The fraction of sp³-hybridized carbons (Fsp3) is 0.462. The van der Waals surface area contributed by atoms with Crippen molar-refractivity contribution < 1.29 is 23.1 Å². The summed E-state index contributed by atoms with van der Waals surface area (Å²) in [5.41, 5.74) is 0. The molecule has 1 saturated heterocycles. The number of aliphatic carboxylic acids is 1. The molecule has 2 rings (SSSR count). The third kappa shape index (κ3) is 3.50. The number of sulfonamides is 1. The van der Waals surface area contributed by atoms with Gasteiger partial charge in [0.2, 0.25) is 10.0 Å². The molecule has 0 saturated carbocycles. The third-order valence-electron chi connectivity index (χ3n) is 3.24. The van der Waals surface area contributed by atoms with E-state index in [9.17, 15) is 18.3 Å². The van der Waals surface area contributed by atoms with Gasteiger partial charge in [0.1, 0.15) is 11.8 Å². The van der Waals surface area contributed by atoms with Gasteiger partial charge in [-0.05, 0) is 36.4 Å². The van der Waals surface area contributed by atoms with Gasteiger partial charge in [0.25, 0.3) is 0 Å². The van der Waals surface area contributed by atoms with Gasteiger partial charge in [-0.15, -0.1) is 0 Å². The predicted octanol–water partition coefficient (Wildman–Crippen LogP) is 1.28. The standard InChI is InChI=1S/C13H17NO5S2/c1-19-10-3-5-11(6-4-10)21(17,18)14-7-2-8-20-9-12(14)13(15)16/h3-6,12H,2,7-9H2,1H3,(H,15,16). The van der Waals surface area contributed by atoms with Gasteiger partial charge in [0.15, 0.2) is 0 Å². The molecule has 1 aromatic rings. The molecule has 1 N–H and O–H groups in total. The summed E-state index contributed by atoms with van der Waals surface area (Å²) in [5.74, 6) is 0.472. The molecule has 6 nitrogen and oxygen atoms in total. The molecule has 0 radical (unpaired) electrons. The van der Waals surface area contributed by atoms with Crippen LogP contribution >= 0.6 is 11.8 Å². The molecule has 0 spiro atoms. The molecule has 1 aliphatic heterocycles. The number of hydrogen-bond acceptors (Lipinski definition) is 5. The average Bonchev–Trinajstić information content (AvgIpc) is 2.73. The predicted molar refractivity (Wildman–Crippen MR) is 80.3 cm³/mol. The van der Waals surface area contributed by atoms with Crippen LogP contribution in [0.3, 0.4) is 0 Å². The summed E-state index contributed by atoms with van der Waals surface area (Å²) >= 11 is 1.47. The first-order valence-corrected chi connectivity index (χ1v) is 9.02. The first-order valence-electron chi connectivity index (χ1n) is 6.43. The highest BCUT2D eigenvalue weighted by Gasteiger charge is 2.36. The Balaban J connectivity index is 2.36. The van der Waals surface area contributed by atoms with Crippen LogP contribution in [-0.2, 0) is 14.8 Å². The molecular formula is C13H17NO5S2. The Bertz CT molecular complexity index is 599. The molecular weight excluding hydrogens is 314 g/mol. The van der Waals surface area contributed by atoms with Gasteiger partial charge in [-0.2, -0.15) is 16.1 Å². The fourth-order valence-electron chi connectivity index (χ4n) is 2.12. The number of ether oxygens (including phenoxy) is 1. The summed E-state index contributed by atoms with van der Waals surface area (Å²) < 4.78 is 31.4. The Morgan fingerprint density at radius 3 is 2.62 bits per heavy atom. The number of hydrogen-bond donors (Lipinski definition) is 1. The van der Waals surface area contributed by atoms with Crippen molar-refractivity contribution in [2.24, 2.45) is 0 Å². The maximum atomic E-state index is 12.7. The number of nitrogens with zero attached hydrogens (tertiary/aromatic N) is 1. The normalized spacial score (nSPS) is 20.7. The molecule has 0 aromatic heterocycles. The van der Waals surface area contributed by atoms with E-state index in [-0.39, 0.29) is 17.2 Å². The first-order chi connectivity index (χ1) is 9.96. The number of thioether (sulfide) groups is 1. The molecule has 1 heterocycles. The highest BCUT2D eigenvalue weighted by Crippen LogP contribution is 2.25. The second kappa shape index (κ2) is 6.67. The Hall–Kier alpha value is -1.25. The molecule has 8 heteroatoms. The molecule has 116 valence electrons.